The van der Waals surface area contributed by atoms with Gasteiger partial charge in [0.1, 0.15) is 0 Å². The molecule has 10 rings (SSSR count). The van der Waals surface area contributed by atoms with Crippen molar-refractivity contribution in [2.24, 2.45) is 23.7 Å². The first-order chi connectivity index (χ1) is 35.1. The van der Waals surface area contributed by atoms with Crippen molar-refractivity contribution in [3.8, 4) is 6.07 Å². The number of nitrogens with zero attached hydrogens (tertiary/aromatic N) is 8. The molecule has 1 amide bonds. The van der Waals surface area contributed by atoms with Crippen LogP contribution in [-0.4, -0.2) is 184 Å². The van der Waals surface area contributed by atoms with E-state index in [1.165, 1.54) is 51.4 Å². The number of rotatable bonds is 16. The van der Waals surface area contributed by atoms with E-state index in [1.54, 1.807) is 10.6 Å². The summed E-state index contributed by atoms with van der Waals surface area (Å²) in [4.78, 5) is 40.0. The van der Waals surface area contributed by atoms with Gasteiger partial charge in [-0.25, -0.2) is 5.01 Å². The number of hydrazine groups is 1. The minimum atomic E-state index is -0.318. The number of carbonyl (C=O) groups is 1. The lowest BCUT2D eigenvalue weighted by atomic mass is 9.67. The Balaban J connectivity index is 0.787. The van der Waals surface area contributed by atoms with Crippen molar-refractivity contribution in [2.45, 2.75) is 189 Å². The van der Waals surface area contributed by atoms with Gasteiger partial charge in [-0.15, -0.1) is 11.6 Å². The molecule has 0 radical (unpaired) electrons. The number of hydrogen-bond acceptors (Lipinski definition) is 15. The minimum absolute atomic E-state index is 0.0275. The number of aromatic nitrogens is 1. The molecule has 9 fully saturated rings. The Labute approximate surface area is 434 Å². The number of nitriles is 1. The van der Waals surface area contributed by atoms with Crippen molar-refractivity contribution >= 4 is 17.5 Å². The van der Waals surface area contributed by atoms with E-state index in [9.17, 15) is 20.0 Å². The van der Waals surface area contributed by atoms with Gasteiger partial charge in [-0.05, 0) is 102 Å². The standard InChI is InChI=1S/C54H88ClN13O4/c1-4-38-30-58-68-47(28-48(60-51(38)68)66-23-6-5-12-40(66)20-27-69)57-29-37-16-17-49(70)65(32-37)31-36(2)53(71)67-26-25-64(33-41(67)18-21-56)52-43-19-24-63(46-15-8-11-39-10-7-14-44(55)50(39)46)34-45(43)59-54(61-52)72-35-42-13-9-22-62(42)3/h16-17,32,38-48,50-52,54,57-61,69H,2,4-15,18-20,22-31,33-35H2,1,3H3/t38?,39?,40-,41-,42-,43?,44?,45?,46?,47?,48?,50?,51?,52?,54?/m0/s1. The molecule has 400 valence electrons. The summed E-state index contributed by atoms with van der Waals surface area (Å²) >= 11 is 7.17. The maximum Gasteiger partial charge on any atom is 0.251 e. The molecule has 17 nitrogen and oxygen atoms in total. The normalized spacial score (nSPS) is 38.5. The van der Waals surface area contributed by atoms with E-state index in [2.05, 4.69) is 77.9 Å². The molecule has 2 aliphatic carbocycles. The van der Waals surface area contributed by atoms with E-state index in [-0.39, 0.29) is 79.5 Å². The number of aliphatic hydroxyl groups is 1. The summed E-state index contributed by atoms with van der Waals surface area (Å²) in [6, 6.07) is 7.11. The molecule has 7 saturated heterocycles. The average Bonchev–Trinajstić information content (AvgIpc) is 4.02. The molecule has 18 heteroatoms. The number of likely N-dealkylation sites (N-methyl/N-ethyl adjacent to an activating group) is 1. The van der Waals surface area contributed by atoms with E-state index in [4.69, 9.17) is 16.3 Å². The number of likely N-dealkylation sites (tertiary alicyclic amines) is 3. The number of fused-ring (bicyclic) bond motifs is 3. The summed E-state index contributed by atoms with van der Waals surface area (Å²) in [6.45, 7) is 14.8. The van der Waals surface area contributed by atoms with Crippen LogP contribution in [0.1, 0.15) is 115 Å². The van der Waals surface area contributed by atoms with Crippen LogP contribution in [-0.2, 0) is 22.6 Å². The third-order valence-corrected chi connectivity index (χ3v) is 19.7. The predicted molar refractivity (Wildman–Crippen MR) is 280 cm³/mol. The largest absolute Gasteiger partial charge is 0.396 e. The molecule has 15 atom stereocenters. The zero-order valence-electron chi connectivity index (χ0n) is 43.5. The number of piperidine rings is 2. The Morgan fingerprint density at radius 1 is 0.931 bits per heavy atom. The van der Waals surface area contributed by atoms with Gasteiger partial charge in [-0.1, -0.05) is 51.7 Å². The lowest BCUT2D eigenvalue weighted by Crippen LogP contribution is -2.74. The van der Waals surface area contributed by atoms with Gasteiger partial charge in [-0.3, -0.25) is 51.0 Å². The highest BCUT2D eigenvalue weighted by atomic mass is 35.5. The van der Waals surface area contributed by atoms with Crippen molar-refractivity contribution < 1.29 is 14.6 Å². The topological polar surface area (TPSA) is 172 Å². The molecule has 6 N–H and O–H groups in total. The first-order valence-corrected chi connectivity index (χ1v) is 28.9. The van der Waals surface area contributed by atoms with E-state index < -0.39 is 0 Å². The Morgan fingerprint density at radius 2 is 1.78 bits per heavy atom. The quantitative estimate of drug-likeness (QED) is 0.105. The second-order valence-electron chi connectivity index (χ2n) is 23.3. The zero-order valence-corrected chi connectivity index (χ0v) is 44.3. The first kappa shape index (κ1) is 52.9. The Bertz CT molecular complexity index is 2090. The molecular weight excluding hydrogens is 930 g/mol. The zero-order chi connectivity index (χ0) is 49.9. The number of ether oxygens (including phenoxy) is 1. The van der Waals surface area contributed by atoms with Crippen LogP contribution < -0.4 is 32.3 Å². The Kier molecular flexibility index (Phi) is 17.8. The second kappa shape index (κ2) is 24.2. The van der Waals surface area contributed by atoms with Crippen LogP contribution >= 0.6 is 11.6 Å². The number of amides is 1. The molecule has 12 unspecified atom stereocenters. The number of alkyl halides is 1. The monoisotopic (exact) mass is 1020 g/mol. The van der Waals surface area contributed by atoms with Gasteiger partial charge in [0.05, 0.1) is 56.3 Å². The highest BCUT2D eigenvalue weighted by Gasteiger charge is 2.50. The van der Waals surface area contributed by atoms with Gasteiger partial charge in [0.15, 0.2) is 6.35 Å². The molecule has 0 bridgehead atoms. The van der Waals surface area contributed by atoms with Gasteiger partial charge in [0, 0.05) is 112 Å². The van der Waals surface area contributed by atoms with Crippen molar-refractivity contribution in [3.63, 3.8) is 0 Å². The van der Waals surface area contributed by atoms with Crippen molar-refractivity contribution in [3.05, 3.63) is 46.4 Å². The van der Waals surface area contributed by atoms with Gasteiger partial charge in [-0.2, -0.15) is 5.26 Å². The highest BCUT2D eigenvalue weighted by Crippen LogP contribution is 2.46. The lowest BCUT2D eigenvalue weighted by molar-refractivity contribution is -0.138. The molecule has 9 aliphatic rings. The first-order valence-electron chi connectivity index (χ1n) is 28.5. The fourth-order valence-corrected chi connectivity index (χ4v) is 15.8. The number of carbonyl (C=O) groups excluding carboxylic acids is 1. The number of hydrogen-bond donors (Lipinski definition) is 6. The summed E-state index contributed by atoms with van der Waals surface area (Å²) in [5, 5.41) is 38.4. The van der Waals surface area contributed by atoms with Crippen LogP contribution in [0.25, 0.3) is 0 Å². The maximum atomic E-state index is 14.5. The Hall–Kier alpha value is -2.54. The molecule has 1 aromatic rings. The predicted octanol–water partition coefficient (Wildman–Crippen LogP) is 3.16. The molecule has 1 aromatic heterocycles. The molecule has 2 saturated carbocycles. The smallest absolute Gasteiger partial charge is 0.251 e. The molecular formula is C54H88ClN13O4. The summed E-state index contributed by atoms with van der Waals surface area (Å²) in [5.74, 6) is 1.92. The molecule has 7 aliphatic heterocycles. The fraction of sp³-hybridized carbons (Fsp3) is 0.833. The van der Waals surface area contributed by atoms with Crippen LogP contribution in [0.4, 0.5) is 0 Å². The SMILES string of the molecule is C=C(Cn1cc(CNC2CC(N3CCCC[C@H]3CCO)NC3C(CC)CNN23)ccc1=O)C(=O)N1CCN(C2NC(OC[C@@H]3CCCN3C)NC3CN(C4CCCC5CCCC(Cl)C54)CCC32)C[C@@H]1CC#N. The van der Waals surface area contributed by atoms with Crippen molar-refractivity contribution in [1.29, 1.82) is 5.26 Å². The van der Waals surface area contributed by atoms with Crippen LogP contribution in [0.3, 0.4) is 0 Å². The third-order valence-electron chi connectivity index (χ3n) is 19.2. The molecule has 8 heterocycles. The van der Waals surface area contributed by atoms with E-state index in [0.717, 1.165) is 89.2 Å². The molecule has 0 spiro atoms. The van der Waals surface area contributed by atoms with Gasteiger partial charge in [0.25, 0.3) is 11.5 Å². The minimum Gasteiger partial charge on any atom is -0.396 e. The van der Waals surface area contributed by atoms with E-state index in [0.29, 0.717) is 74.2 Å². The van der Waals surface area contributed by atoms with Gasteiger partial charge in [0.2, 0.25) is 0 Å². The molecule has 72 heavy (non-hydrogen) atoms. The van der Waals surface area contributed by atoms with Crippen LogP contribution in [0.15, 0.2) is 35.3 Å². The van der Waals surface area contributed by atoms with E-state index >= 15 is 0 Å². The summed E-state index contributed by atoms with van der Waals surface area (Å²) in [6.07, 6.45) is 19.4. The average molecular weight is 1020 g/mol. The second-order valence-corrected chi connectivity index (χ2v) is 23.9. The van der Waals surface area contributed by atoms with Crippen LogP contribution in [0.5, 0.6) is 0 Å². The lowest BCUT2D eigenvalue weighted by Gasteiger charge is -2.56. The van der Waals surface area contributed by atoms with Gasteiger partial charge >= 0.3 is 0 Å². The van der Waals surface area contributed by atoms with Crippen LogP contribution in [0.2, 0.25) is 0 Å². The summed E-state index contributed by atoms with van der Waals surface area (Å²) in [7, 11) is 2.20. The molecule has 0 aromatic carbocycles. The highest BCUT2D eigenvalue weighted by molar-refractivity contribution is 6.20. The summed E-state index contributed by atoms with van der Waals surface area (Å²) < 4.78 is 8.34. The van der Waals surface area contributed by atoms with E-state index in [1.807, 2.05) is 17.2 Å². The Morgan fingerprint density at radius 3 is 2.58 bits per heavy atom. The van der Waals surface area contributed by atoms with Crippen molar-refractivity contribution in [2.75, 3.05) is 72.6 Å². The number of halogens is 1. The number of piperazine rings is 1. The third kappa shape index (κ3) is 11.6. The number of pyridine rings is 1. The van der Waals surface area contributed by atoms with Crippen LogP contribution in [0, 0.1) is 35.0 Å². The summed E-state index contributed by atoms with van der Waals surface area (Å²) in [5.41, 5.74) is 4.79. The van der Waals surface area contributed by atoms with Crippen molar-refractivity contribution in [1.82, 2.24) is 60.8 Å². The number of nitrogens with one attached hydrogen (secondary N) is 5. The fourth-order valence-electron chi connectivity index (χ4n) is 15.2. The maximum absolute atomic E-state index is 14.5. The van der Waals surface area contributed by atoms with Gasteiger partial charge < -0.3 is 24.2 Å². The number of aliphatic hydroxyl groups excluding tert-OH is 1.